The third-order valence-corrected chi connectivity index (χ3v) is 3.34. The number of methoxy groups -OCH3 is 3. The maximum Gasteiger partial charge on any atom is 0.262 e. The summed E-state index contributed by atoms with van der Waals surface area (Å²) in [4.78, 5) is 23.0. The number of carbonyl (C=O) groups is 2. The van der Waals surface area contributed by atoms with Gasteiger partial charge in [0.2, 0.25) is 5.75 Å². The first-order valence-electron chi connectivity index (χ1n) is 7.39. The predicted octanol–water partition coefficient (Wildman–Crippen LogP) is 2.54. The summed E-state index contributed by atoms with van der Waals surface area (Å²) in [7, 11) is 4.44. The smallest absolute Gasteiger partial charge is 0.262 e. The zero-order valence-corrected chi connectivity index (χ0v) is 14.2. The molecule has 1 N–H and O–H groups in total. The maximum absolute atomic E-state index is 12.1. The van der Waals surface area contributed by atoms with E-state index in [1.807, 2.05) is 0 Å². The van der Waals surface area contributed by atoms with Gasteiger partial charge in [0.15, 0.2) is 18.1 Å². The van der Waals surface area contributed by atoms with E-state index in [1.165, 1.54) is 26.4 Å². The first-order chi connectivity index (χ1) is 12.1. The second kappa shape index (κ2) is 8.58. The van der Waals surface area contributed by atoms with Crippen LogP contribution in [0.3, 0.4) is 0 Å². The lowest BCUT2D eigenvalue weighted by Gasteiger charge is -2.15. The number of carbonyl (C=O) groups excluding carboxylic acids is 2. The fraction of sp³-hybridized carbons (Fsp3) is 0.222. The molecule has 0 atom stereocenters. The fourth-order valence-electron chi connectivity index (χ4n) is 2.12. The van der Waals surface area contributed by atoms with Gasteiger partial charge < -0.3 is 24.3 Å². The minimum Gasteiger partial charge on any atom is -0.497 e. The summed E-state index contributed by atoms with van der Waals surface area (Å²) in [6, 6.07) is 9.92. The molecular formula is C18H19NO6. The molecule has 0 spiro atoms. The number of amides is 1. The Morgan fingerprint density at radius 3 is 2.08 bits per heavy atom. The molecule has 2 aromatic rings. The molecule has 2 aromatic carbocycles. The lowest BCUT2D eigenvalue weighted by Crippen LogP contribution is -2.20. The molecule has 0 unspecified atom stereocenters. The predicted molar refractivity (Wildman–Crippen MR) is 92.1 cm³/mol. The van der Waals surface area contributed by atoms with Gasteiger partial charge in [0.25, 0.3) is 5.91 Å². The Balaban J connectivity index is 2.06. The van der Waals surface area contributed by atoms with Gasteiger partial charge in [-0.1, -0.05) is 0 Å². The quantitative estimate of drug-likeness (QED) is 0.740. The highest BCUT2D eigenvalue weighted by Crippen LogP contribution is 2.38. The van der Waals surface area contributed by atoms with Crippen molar-refractivity contribution in [1.29, 1.82) is 0 Å². The van der Waals surface area contributed by atoms with Crippen molar-refractivity contribution in [2.75, 3.05) is 33.3 Å². The number of hydrogen-bond donors (Lipinski definition) is 1. The van der Waals surface area contributed by atoms with E-state index in [9.17, 15) is 9.59 Å². The first kappa shape index (κ1) is 18.1. The Labute approximate surface area is 145 Å². The maximum atomic E-state index is 12.1. The molecule has 0 fully saturated rings. The number of hydrogen-bond acceptors (Lipinski definition) is 6. The van der Waals surface area contributed by atoms with Gasteiger partial charge in [0.05, 0.1) is 21.3 Å². The summed E-state index contributed by atoms with van der Waals surface area (Å²) in [5.41, 5.74) is 0.994. The van der Waals surface area contributed by atoms with Crippen molar-refractivity contribution in [1.82, 2.24) is 0 Å². The average molecular weight is 345 g/mol. The highest BCUT2D eigenvalue weighted by atomic mass is 16.5. The Hall–Kier alpha value is -3.22. The van der Waals surface area contributed by atoms with Crippen LogP contribution in [0.15, 0.2) is 36.4 Å². The minimum absolute atomic E-state index is 0.250. The third-order valence-electron chi connectivity index (χ3n) is 3.34. The van der Waals surface area contributed by atoms with Crippen LogP contribution in [0.5, 0.6) is 23.0 Å². The lowest BCUT2D eigenvalue weighted by atomic mass is 10.2. The van der Waals surface area contributed by atoms with Crippen LogP contribution in [0.25, 0.3) is 0 Å². The second-order valence-electron chi connectivity index (χ2n) is 4.94. The van der Waals surface area contributed by atoms with Gasteiger partial charge in [-0.25, -0.2) is 0 Å². The SMILES string of the molecule is COc1ccc(NC(=O)COc2c(OC)cc(C=O)cc2OC)cc1. The Kier molecular flexibility index (Phi) is 6.22. The molecule has 25 heavy (non-hydrogen) atoms. The summed E-state index contributed by atoms with van der Waals surface area (Å²) in [5.74, 6) is 1.20. The topological polar surface area (TPSA) is 83.1 Å². The molecule has 0 radical (unpaired) electrons. The monoisotopic (exact) mass is 345 g/mol. The molecule has 0 aromatic heterocycles. The van der Waals surface area contributed by atoms with Gasteiger partial charge in [-0.15, -0.1) is 0 Å². The molecule has 132 valence electrons. The highest BCUT2D eigenvalue weighted by Gasteiger charge is 2.15. The van der Waals surface area contributed by atoms with Gasteiger partial charge in [-0.2, -0.15) is 0 Å². The van der Waals surface area contributed by atoms with Crippen molar-refractivity contribution in [3.05, 3.63) is 42.0 Å². The number of ether oxygens (including phenoxy) is 4. The number of nitrogens with one attached hydrogen (secondary N) is 1. The molecule has 7 heteroatoms. The van der Waals surface area contributed by atoms with E-state index in [2.05, 4.69) is 5.32 Å². The largest absolute Gasteiger partial charge is 0.497 e. The van der Waals surface area contributed by atoms with Crippen molar-refractivity contribution >= 4 is 17.9 Å². The summed E-state index contributed by atoms with van der Waals surface area (Å²) in [6.45, 7) is -0.251. The molecular weight excluding hydrogens is 326 g/mol. The van der Waals surface area contributed by atoms with Crippen LogP contribution in [0.4, 0.5) is 5.69 Å². The zero-order valence-electron chi connectivity index (χ0n) is 14.2. The van der Waals surface area contributed by atoms with Gasteiger partial charge in [-0.05, 0) is 36.4 Å². The van der Waals surface area contributed by atoms with Gasteiger partial charge in [0.1, 0.15) is 12.0 Å². The van der Waals surface area contributed by atoms with Gasteiger partial charge in [-0.3, -0.25) is 9.59 Å². The molecule has 0 aliphatic carbocycles. The van der Waals surface area contributed by atoms with Crippen LogP contribution in [-0.2, 0) is 4.79 Å². The Bertz CT molecular complexity index is 717. The molecule has 2 rings (SSSR count). The van der Waals surface area contributed by atoms with E-state index < -0.39 is 0 Å². The van der Waals surface area contributed by atoms with Crippen molar-refractivity contribution in [3.63, 3.8) is 0 Å². The molecule has 0 saturated carbocycles. The molecule has 0 heterocycles. The number of rotatable bonds is 8. The lowest BCUT2D eigenvalue weighted by molar-refractivity contribution is -0.118. The molecule has 0 saturated heterocycles. The zero-order chi connectivity index (χ0) is 18.2. The summed E-state index contributed by atoms with van der Waals surface area (Å²) in [5, 5.41) is 2.70. The van der Waals surface area contributed by atoms with E-state index in [0.717, 1.165) is 0 Å². The van der Waals surface area contributed by atoms with Crippen LogP contribution >= 0.6 is 0 Å². The number of benzene rings is 2. The highest BCUT2D eigenvalue weighted by molar-refractivity contribution is 5.92. The van der Waals surface area contributed by atoms with Crippen molar-refractivity contribution in [2.45, 2.75) is 0 Å². The van der Waals surface area contributed by atoms with E-state index in [-0.39, 0.29) is 18.3 Å². The summed E-state index contributed by atoms with van der Waals surface area (Å²) < 4.78 is 21.0. The van der Waals surface area contributed by atoms with E-state index in [0.29, 0.717) is 34.8 Å². The first-order valence-corrected chi connectivity index (χ1v) is 7.39. The van der Waals surface area contributed by atoms with E-state index >= 15 is 0 Å². The number of aldehydes is 1. The van der Waals surface area contributed by atoms with Crippen molar-refractivity contribution in [3.8, 4) is 23.0 Å². The molecule has 7 nitrogen and oxygen atoms in total. The molecule has 0 aliphatic heterocycles. The molecule has 0 bridgehead atoms. The van der Waals surface area contributed by atoms with E-state index in [1.54, 1.807) is 31.4 Å². The Morgan fingerprint density at radius 2 is 1.60 bits per heavy atom. The van der Waals surface area contributed by atoms with E-state index in [4.69, 9.17) is 18.9 Å². The van der Waals surface area contributed by atoms with Gasteiger partial charge >= 0.3 is 0 Å². The summed E-state index contributed by atoms with van der Waals surface area (Å²) >= 11 is 0. The van der Waals surface area contributed by atoms with Crippen LogP contribution < -0.4 is 24.3 Å². The average Bonchev–Trinajstić information content (AvgIpc) is 2.66. The normalized spacial score (nSPS) is 9.88. The number of anilines is 1. The second-order valence-corrected chi connectivity index (χ2v) is 4.94. The fourth-order valence-corrected chi connectivity index (χ4v) is 2.12. The Morgan fingerprint density at radius 1 is 1.00 bits per heavy atom. The van der Waals surface area contributed by atoms with Crippen LogP contribution in [0.1, 0.15) is 10.4 Å². The van der Waals surface area contributed by atoms with Crippen molar-refractivity contribution in [2.24, 2.45) is 0 Å². The van der Waals surface area contributed by atoms with Gasteiger partial charge in [0, 0.05) is 11.3 Å². The van der Waals surface area contributed by atoms with Crippen molar-refractivity contribution < 1.29 is 28.5 Å². The summed E-state index contributed by atoms with van der Waals surface area (Å²) in [6.07, 6.45) is 0.672. The molecule has 1 amide bonds. The third kappa shape index (κ3) is 4.63. The minimum atomic E-state index is -0.353. The standard InChI is InChI=1S/C18H19NO6/c1-22-14-6-4-13(5-7-14)19-17(21)11-25-18-15(23-2)8-12(10-20)9-16(18)24-3/h4-10H,11H2,1-3H3,(H,19,21). The molecule has 0 aliphatic rings. The van der Waals surface area contributed by atoms with Crippen LogP contribution in [0, 0.1) is 0 Å². The van der Waals surface area contributed by atoms with Crippen LogP contribution in [-0.4, -0.2) is 40.1 Å². The van der Waals surface area contributed by atoms with Crippen LogP contribution in [0.2, 0.25) is 0 Å².